The van der Waals surface area contributed by atoms with Crippen molar-refractivity contribution in [2.45, 2.75) is 64.8 Å². The fourth-order valence-corrected chi connectivity index (χ4v) is 2.20. The molecule has 1 fully saturated rings. The van der Waals surface area contributed by atoms with Gasteiger partial charge in [0.05, 0.1) is 18.7 Å². The van der Waals surface area contributed by atoms with Crippen molar-refractivity contribution in [1.82, 2.24) is 4.90 Å². The summed E-state index contributed by atoms with van der Waals surface area (Å²) in [5.41, 5.74) is -1.19. The minimum Gasteiger partial charge on any atom is -0.444 e. The molecular formula is C15H24N2O3. The number of amides is 1. The van der Waals surface area contributed by atoms with Crippen LogP contribution in [0.2, 0.25) is 0 Å². The summed E-state index contributed by atoms with van der Waals surface area (Å²) in [5.74, 6) is 0. The van der Waals surface area contributed by atoms with Gasteiger partial charge in [-0.05, 0) is 47.5 Å². The van der Waals surface area contributed by atoms with Gasteiger partial charge >= 0.3 is 6.09 Å². The van der Waals surface area contributed by atoms with Gasteiger partial charge < -0.3 is 9.47 Å². The van der Waals surface area contributed by atoms with Gasteiger partial charge in [-0.3, -0.25) is 4.90 Å². The number of rotatable bonds is 3. The molecule has 0 radical (unpaired) electrons. The van der Waals surface area contributed by atoms with E-state index in [1.165, 1.54) is 6.08 Å². The van der Waals surface area contributed by atoms with Gasteiger partial charge in [0, 0.05) is 6.08 Å². The van der Waals surface area contributed by atoms with Gasteiger partial charge in [0.25, 0.3) is 0 Å². The van der Waals surface area contributed by atoms with Crippen LogP contribution in [0.1, 0.15) is 47.5 Å². The molecule has 20 heavy (non-hydrogen) atoms. The van der Waals surface area contributed by atoms with E-state index in [0.29, 0.717) is 6.61 Å². The summed E-state index contributed by atoms with van der Waals surface area (Å²) >= 11 is 0. The van der Waals surface area contributed by atoms with Crippen LogP contribution in [0, 0.1) is 11.3 Å². The highest BCUT2D eigenvalue weighted by atomic mass is 16.6. The van der Waals surface area contributed by atoms with Crippen LogP contribution >= 0.6 is 0 Å². The molecule has 1 atom stereocenters. The third-order valence-corrected chi connectivity index (χ3v) is 3.02. The van der Waals surface area contributed by atoms with E-state index in [2.05, 4.69) is 0 Å². The number of nitriles is 1. The zero-order valence-corrected chi connectivity index (χ0v) is 13.0. The van der Waals surface area contributed by atoms with Crippen molar-refractivity contribution in [3.8, 4) is 6.07 Å². The molecule has 0 aliphatic carbocycles. The highest BCUT2D eigenvalue weighted by molar-refractivity contribution is 5.69. The number of nitrogens with zero attached hydrogens (tertiary/aromatic N) is 2. The van der Waals surface area contributed by atoms with Crippen molar-refractivity contribution in [2.24, 2.45) is 0 Å². The SMILES string of the molecule is CC(C)(C)OC(=O)N1[C@@H](CC/C=C/C#N)COC1(C)C. The van der Waals surface area contributed by atoms with Crippen LogP contribution in [-0.4, -0.2) is 35.0 Å². The minimum absolute atomic E-state index is 0.0248. The van der Waals surface area contributed by atoms with E-state index in [1.54, 1.807) is 11.0 Å². The van der Waals surface area contributed by atoms with Crippen molar-refractivity contribution in [3.05, 3.63) is 12.2 Å². The van der Waals surface area contributed by atoms with E-state index in [-0.39, 0.29) is 12.1 Å². The monoisotopic (exact) mass is 280 g/mol. The molecule has 1 heterocycles. The molecule has 0 aromatic rings. The first-order chi connectivity index (χ1) is 9.17. The van der Waals surface area contributed by atoms with Crippen molar-refractivity contribution in [3.63, 3.8) is 0 Å². The number of carbonyl (C=O) groups excluding carboxylic acids is 1. The molecule has 0 bridgehead atoms. The predicted molar refractivity (Wildman–Crippen MR) is 75.9 cm³/mol. The summed E-state index contributed by atoms with van der Waals surface area (Å²) < 4.78 is 11.1. The second-order valence-electron chi connectivity index (χ2n) is 6.37. The maximum Gasteiger partial charge on any atom is 0.412 e. The van der Waals surface area contributed by atoms with Crippen molar-refractivity contribution >= 4 is 6.09 Å². The van der Waals surface area contributed by atoms with Crippen LogP contribution in [0.15, 0.2) is 12.2 Å². The Kier molecular flexibility index (Phi) is 5.18. The first-order valence-corrected chi connectivity index (χ1v) is 6.88. The maximum absolute atomic E-state index is 12.3. The fraction of sp³-hybridized carbons (Fsp3) is 0.733. The Hall–Kier alpha value is -1.54. The summed E-state index contributed by atoms with van der Waals surface area (Å²) in [6.45, 7) is 9.76. The van der Waals surface area contributed by atoms with Gasteiger partial charge in [-0.25, -0.2) is 4.79 Å². The van der Waals surface area contributed by atoms with Crippen LogP contribution in [0.25, 0.3) is 0 Å². The van der Waals surface area contributed by atoms with Crippen LogP contribution in [0.4, 0.5) is 4.79 Å². The van der Waals surface area contributed by atoms with E-state index in [4.69, 9.17) is 14.7 Å². The molecule has 1 rings (SSSR count). The molecule has 1 saturated heterocycles. The predicted octanol–water partition coefficient (Wildman–Crippen LogP) is 3.22. The lowest BCUT2D eigenvalue weighted by atomic mass is 10.1. The quantitative estimate of drug-likeness (QED) is 0.745. The first kappa shape index (κ1) is 16.5. The van der Waals surface area contributed by atoms with Crippen LogP contribution in [0.3, 0.4) is 0 Å². The summed E-state index contributed by atoms with van der Waals surface area (Å²) in [6.07, 6.45) is 4.39. The molecular weight excluding hydrogens is 256 g/mol. The smallest absolute Gasteiger partial charge is 0.412 e. The lowest BCUT2D eigenvalue weighted by Gasteiger charge is -2.35. The van der Waals surface area contributed by atoms with Crippen molar-refractivity contribution in [1.29, 1.82) is 5.26 Å². The number of hydrogen-bond acceptors (Lipinski definition) is 4. The number of hydrogen-bond donors (Lipinski definition) is 0. The topological polar surface area (TPSA) is 62.6 Å². The molecule has 0 N–H and O–H groups in total. The number of carbonyl (C=O) groups is 1. The third kappa shape index (κ3) is 4.53. The molecule has 1 aliphatic rings. The maximum atomic E-state index is 12.3. The second kappa shape index (κ2) is 6.27. The minimum atomic E-state index is -0.661. The Morgan fingerprint density at radius 2 is 2.20 bits per heavy atom. The highest BCUT2D eigenvalue weighted by Crippen LogP contribution is 2.31. The Labute approximate surface area is 121 Å². The molecule has 112 valence electrons. The average molecular weight is 280 g/mol. The van der Waals surface area contributed by atoms with Gasteiger partial charge in [-0.15, -0.1) is 0 Å². The largest absolute Gasteiger partial charge is 0.444 e. The van der Waals surface area contributed by atoms with Crippen molar-refractivity contribution < 1.29 is 14.3 Å². The van der Waals surface area contributed by atoms with Gasteiger partial charge in [0.1, 0.15) is 11.3 Å². The van der Waals surface area contributed by atoms with Crippen LogP contribution in [-0.2, 0) is 9.47 Å². The zero-order valence-electron chi connectivity index (χ0n) is 13.0. The number of ether oxygens (including phenoxy) is 2. The highest BCUT2D eigenvalue weighted by Gasteiger charge is 2.45. The first-order valence-electron chi connectivity index (χ1n) is 6.88. The van der Waals surface area contributed by atoms with Crippen LogP contribution < -0.4 is 0 Å². The summed E-state index contributed by atoms with van der Waals surface area (Å²) in [6, 6.07) is 1.93. The number of allylic oxidation sites excluding steroid dienone is 2. The molecule has 5 heteroatoms. The van der Waals surface area contributed by atoms with E-state index in [1.807, 2.05) is 40.7 Å². The van der Waals surface area contributed by atoms with Crippen molar-refractivity contribution in [2.75, 3.05) is 6.61 Å². The summed E-state index contributed by atoms with van der Waals surface area (Å²) in [7, 11) is 0. The Balaban J connectivity index is 2.73. The molecule has 0 unspecified atom stereocenters. The molecule has 1 amide bonds. The average Bonchev–Trinajstić information content (AvgIpc) is 2.58. The normalized spacial score (nSPS) is 22.0. The fourth-order valence-electron chi connectivity index (χ4n) is 2.20. The van der Waals surface area contributed by atoms with E-state index in [0.717, 1.165) is 12.8 Å². The van der Waals surface area contributed by atoms with E-state index >= 15 is 0 Å². The molecule has 0 spiro atoms. The molecule has 0 aromatic heterocycles. The Morgan fingerprint density at radius 1 is 1.55 bits per heavy atom. The molecule has 0 aromatic carbocycles. The lowest BCUT2D eigenvalue weighted by Crippen LogP contribution is -2.49. The molecule has 5 nitrogen and oxygen atoms in total. The van der Waals surface area contributed by atoms with E-state index < -0.39 is 11.3 Å². The lowest BCUT2D eigenvalue weighted by molar-refractivity contribution is -0.0626. The third-order valence-electron chi connectivity index (χ3n) is 3.02. The van der Waals surface area contributed by atoms with E-state index in [9.17, 15) is 4.79 Å². The molecule has 0 saturated carbocycles. The van der Waals surface area contributed by atoms with Gasteiger partial charge in [0.2, 0.25) is 0 Å². The summed E-state index contributed by atoms with van der Waals surface area (Å²) in [4.78, 5) is 14.0. The summed E-state index contributed by atoms with van der Waals surface area (Å²) in [5, 5.41) is 8.46. The van der Waals surface area contributed by atoms with Gasteiger partial charge in [-0.2, -0.15) is 5.26 Å². The Morgan fingerprint density at radius 3 is 2.75 bits per heavy atom. The van der Waals surface area contributed by atoms with Gasteiger partial charge in [0.15, 0.2) is 0 Å². The van der Waals surface area contributed by atoms with Gasteiger partial charge in [-0.1, -0.05) is 6.08 Å². The zero-order chi connectivity index (χ0) is 15.4. The Bertz CT molecular complexity index is 416. The second-order valence-corrected chi connectivity index (χ2v) is 6.37. The van der Waals surface area contributed by atoms with Crippen LogP contribution in [0.5, 0.6) is 0 Å². The standard InChI is InChI=1S/C15H24N2O3/c1-14(2,3)20-13(18)17-12(9-7-6-8-10-16)11-19-15(17,4)5/h6,8,12H,7,9,11H2,1-5H3/b8-6+/t12-/m0/s1. The molecule has 1 aliphatic heterocycles.